The highest BCUT2D eigenvalue weighted by Crippen LogP contribution is 2.29. The SMILES string of the molecule is O=C(C(=O)N1CCN(c2cccc(Cl)c2)CC1)c1c(-c2ccccc2)cc2ccccn12. The molecule has 1 saturated heterocycles. The fourth-order valence-corrected chi connectivity index (χ4v) is 4.46. The first-order chi connectivity index (χ1) is 15.6. The summed E-state index contributed by atoms with van der Waals surface area (Å²) in [7, 11) is 0. The molecule has 3 heterocycles. The van der Waals surface area contributed by atoms with Crippen molar-refractivity contribution in [2.75, 3.05) is 31.1 Å². The van der Waals surface area contributed by atoms with Crippen LogP contribution >= 0.6 is 11.6 Å². The first-order valence-electron chi connectivity index (χ1n) is 10.6. The second-order valence-corrected chi connectivity index (χ2v) is 8.29. The van der Waals surface area contributed by atoms with Gasteiger partial charge in [0.2, 0.25) is 0 Å². The standard InChI is InChI=1S/C26H22ClN3O2/c27-20-9-6-11-21(17-20)28-13-15-29(16-14-28)26(32)25(31)24-23(19-7-2-1-3-8-19)18-22-10-4-5-12-30(22)24/h1-12,17-18H,13-16H2. The normalized spacial score (nSPS) is 14.0. The summed E-state index contributed by atoms with van der Waals surface area (Å²) < 4.78 is 1.81. The number of carbonyl (C=O) groups is 2. The predicted molar refractivity (Wildman–Crippen MR) is 127 cm³/mol. The number of pyridine rings is 1. The van der Waals surface area contributed by atoms with Crippen molar-refractivity contribution in [3.8, 4) is 11.1 Å². The minimum atomic E-state index is -0.480. The molecule has 0 unspecified atom stereocenters. The van der Waals surface area contributed by atoms with Gasteiger partial charge in [0.25, 0.3) is 11.7 Å². The number of nitrogens with zero attached hydrogens (tertiary/aromatic N) is 3. The van der Waals surface area contributed by atoms with E-state index in [0.29, 0.717) is 36.9 Å². The van der Waals surface area contributed by atoms with Gasteiger partial charge in [0, 0.05) is 54.2 Å². The Morgan fingerprint density at radius 1 is 0.781 bits per heavy atom. The van der Waals surface area contributed by atoms with Gasteiger partial charge in [0.05, 0.1) is 0 Å². The van der Waals surface area contributed by atoms with Crippen LogP contribution in [0.15, 0.2) is 85.1 Å². The molecule has 32 heavy (non-hydrogen) atoms. The van der Waals surface area contributed by atoms with Crippen molar-refractivity contribution in [1.82, 2.24) is 9.30 Å². The summed E-state index contributed by atoms with van der Waals surface area (Å²) in [6, 6.07) is 25.1. The first-order valence-corrected chi connectivity index (χ1v) is 11.0. The molecule has 1 fully saturated rings. The molecule has 1 aliphatic heterocycles. The molecule has 4 aromatic rings. The maximum absolute atomic E-state index is 13.5. The van der Waals surface area contributed by atoms with Gasteiger partial charge in [-0.15, -0.1) is 0 Å². The van der Waals surface area contributed by atoms with Gasteiger partial charge >= 0.3 is 0 Å². The van der Waals surface area contributed by atoms with Crippen LogP contribution in [0, 0.1) is 0 Å². The summed E-state index contributed by atoms with van der Waals surface area (Å²) >= 11 is 6.12. The van der Waals surface area contributed by atoms with Gasteiger partial charge in [0.1, 0.15) is 5.69 Å². The Balaban J connectivity index is 1.41. The molecule has 0 N–H and O–H groups in total. The molecule has 0 radical (unpaired) electrons. The monoisotopic (exact) mass is 443 g/mol. The molecular formula is C26H22ClN3O2. The Hall–Kier alpha value is -3.57. The van der Waals surface area contributed by atoms with Crippen LogP contribution < -0.4 is 4.90 Å². The maximum Gasteiger partial charge on any atom is 0.296 e. The molecule has 6 heteroatoms. The van der Waals surface area contributed by atoms with E-state index in [-0.39, 0.29) is 0 Å². The lowest BCUT2D eigenvalue weighted by Gasteiger charge is -2.35. The average molecular weight is 444 g/mol. The predicted octanol–water partition coefficient (Wildman–Crippen LogP) is 4.79. The zero-order chi connectivity index (χ0) is 22.1. The molecule has 0 saturated carbocycles. The molecule has 5 nitrogen and oxygen atoms in total. The van der Waals surface area contributed by atoms with Crippen LogP contribution in [0.2, 0.25) is 5.02 Å². The molecule has 2 aromatic heterocycles. The number of hydrogen-bond donors (Lipinski definition) is 0. The Bertz CT molecular complexity index is 1290. The van der Waals surface area contributed by atoms with E-state index in [9.17, 15) is 9.59 Å². The summed E-state index contributed by atoms with van der Waals surface area (Å²) in [6.45, 7) is 2.28. The molecule has 0 aliphatic carbocycles. The molecule has 0 atom stereocenters. The van der Waals surface area contributed by atoms with Crippen molar-refractivity contribution in [2.45, 2.75) is 0 Å². The summed E-state index contributed by atoms with van der Waals surface area (Å²) in [6.07, 6.45) is 1.83. The van der Waals surface area contributed by atoms with Crippen LogP contribution in [0.1, 0.15) is 10.5 Å². The Labute approximate surface area is 191 Å². The summed E-state index contributed by atoms with van der Waals surface area (Å²) in [5.74, 6) is -0.942. The van der Waals surface area contributed by atoms with Crippen molar-refractivity contribution in [3.63, 3.8) is 0 Å². The van der Waals surface area contributed by atoms with Gasteiger partial charge in [-0.25, -0.2) is 0 Å². The van der Waals surface area contributed by atoms with E-state index in [2.05, 4.69) is 4.90 Å². The van der Waals surface area contributed by atoms with Crippen LogP contribution in [0.3, 0.4) is 0 Å². The smallest absolute Gasteiger partial charge is 0.296 e. The number of hydrogen-bond acceptors (Lipinski definition) is 3. The number of amides is 1. The number of fused-ring (bicyclic) bond motifs is 1. The zero-order valence-electron chi connectivity index (χ0n) is 17.4. The third-order valence-corrected chi connectivity index (χ3v) is 6.15. The van der Waals surface area contributed by atoms with E-state index in [1.807, 2.05) is 89.5 Å². The van der Waals surface area contributed by atoms with Crippen LogP contribution in [0.4, 0.5) is 5.69 Å². The van der Waals surface area contributed by atoms with Crippen molar-refractivity contribution < 1.29 is 9.59 Å². The number of benzene rings is 2. The quantitative estimate of drug-likeness (QED) is 0.336. The van der Waals surface area contributed by atoms with E-state index >= 15 is 0 Å². The Kier molecular flexibility index (Phi) is 5.41. The largest absolute Gasteiger partial charge is 0.368 e. The van der Waals surface area contributed by atoms with Crippen molar-refractivity contribution in [1.29, 1.82) is 0 Å². The number of ketones is 1. The van der Waals surface area contributed by atoms with Gasteiger partial charge in [-0.2, -0.15) is 0 Å². The number of rotatable bonds is 4. The Morgan fingerprint density at radius 2 is 1.53 bits per heavy atom. The molecule has 2 aromatic carbocycles. The van der Waals surface area contributed by atoms with E-state index in [1.165, 1.54) is 0 Å². The van der Waals surface area contributed by atoms with Gasteiger partial charge in [-0.05, 0) is 42.0 Å². The number of piperazine rings is 1. The lowest BCUT2D eigenvalue weighted by Crippen LogP contribution is -2.50. The highest BCUT2D eigenvalue weighted by atomic mass is 35.5. The lowest BCUT2D eigenvalue weighted by atomic mass is 10.0. The van der Waals surface area contributed by atoms with Crippen molar-refractivity contribution in [3.05, 3.63) is 95.8 Å². The second kappa shape index (κ2) is 8.52. The average Bonchev–Trinajstić information content (AvgIpc) is 3.23. The molecule has 5 rings (SSSR count). The van der Waals surface area contributed by atoms with Crippen molar-refractivity contribution in [2.24, 2.45) is 0 Å². The maximum atomic E-state index is 13.5. The third-order valence-electron chi connectivity index (χ3n) is 5.91. The van der Waals surface area contributed by atoms with Crippen molar-refractivity contribution >= 4 is 34.5 Å². The van der Waals surface area contributed by atoms with E-state index in [0.717, 1.165) is 22.3 Å². The van der Waals surface area contributed by atoms with Crippen LogP contribution in [-0.2, 0) is 4.79 Å². The Morgan fingerprint density at radius 3 is 2.28 bits per heavy atom. The third kappa shape index (κ3) is 3.76. The highest BCUT2D eigenvalue weighted by Gasteiger charge is 2.30. The lowest BCUT2D eigenvalue weighted by molar-refractivity contribution is -0.126. The molecule has 0 spiro atoms. The van der Waals surface area contributed by atoms with Crippen LogP contribution in [0.25, 0.3) is 16.6 Å². The van der Waals surface area contributed by atoms with Gasteiger partial charge in [-0.3, -0.25) is 9.59 Å². The van der Waals surface area contributed by atoms with Gasteiger partial charge in [0.15, 0.2) is 0 Å². The fraction of sp³-hybridized carbons (Fsp3) is 0.154. The summed E-state index contributed by atoms with van der Waals surface area (Å²) in [5, 5.41) is 0.685. The number of carbonyl (C=O) groups excluding carboxylic acids is 2. The minimum absolute atomic E-state index is 0.411. The van der Waals surface area contributed by atoms with Crippen LogP contribution in [-0.4, -0.2) is 47.2 Å². The number of aromatic nitrogens is 1. The number of Topliss-reactive ketones (excluding diaryl/α,β-unsaturated/α-hetero) is 1. The van der Waals surface area contributed by atoms with Gasteiger partial charge < -0.3 is 14.2 Å². The second-order valence-electron chi connectivity index (χ2n) is 7.86. The zero-order valence-corrected chi connectivity index (χ0v) is 18.2. The van der Waals surface area contributed by atoms with Crippen LogP contribution in [0.5, 0.6) is 0 Å². The summed E-state index contributed by atoms with van der Waals surface area (Å²) in [5.41, 5.74) is 4.01. The molecule has 1 amide bonds. The minimum Gasteiger partial charge on any atom is -0.368 e. The van der Waals surface area contributed by atoms with E-state index < -0.39 is 11.7 Å². The topological polar surface area (TPSA) is 45.0 Å². The highest BCUT2D eigenvalue weighted by molar-refractivity contribution is 6.43. The fourth-order valence-electron chi connectivity index (χ4n) is 4.28. The summed E-state index contributed by atoms with van der Waals surface area (Å²) in [4.78, 5) is 30.5. The number of halogens is 1. The molecule has 0 bridgehead atoms. The number of anilines is 1. The molecular weight excluding hydrogens is 422 g/mol. The molecule has 160 valence electrons. The first kappa shape index (κ1) is 20.3. The van der Waals surface area contributed by atoms with Gasteiger partial charge in [-0.1, -0.05) is 54.1 Å². The van der Waals surface area contributed by atoms with E-state index in [1.54, 1.807) is 4.90 Å². The molecule has 1 aliphatic rings. The van der Waals surface area contributed by atoms with E-state index in [4.69, 9.17) is 11.6 Å².